The van der Waals surface area contributed by atoms with Crippen molar-refractivity contribution in [2.75, 3.05) is 5.32 Å². The van der Waals surface area contributed by atoms with Gasteiger partial charge in [-0.25, -0.2) is 4.79 Å². The van der Waals surface area contributed by atoms with Gasteiger partial charge in [-0.1, -0.05) is 12.1 Å². The number of hydrogen-bond acceptors (Lipinski definition) is 3. The molecule has 1 heterocycles. The maximum Gasteiger partial charge on any atom is 0.323 e. The molecule has 1 saturated carbocycles. The minimum Gasteiger partial charge on any atom is -0.490 e. The Morgan fingerprint density at radius 1 is 1.08 bits per heavy atom. The summed E-state index contributed by atoms with van der Waals surface area (Å²) in [5.74, 6) is 0.373. The molecule has 24 heavy (non-hydrogen) atoms. The van der Waals surface area contributed by atoms with Crippen molar-refractivity contribution in [3.63, 3.8) is 0 Å². The number of hydrogen-bond donors (Lipinski definition) is 3. The van der Waals surface area contributed by atoms with Crippen molar-refractivity contribution in [2.45, 2.75) is 25.4 Å². The predicted molar refractivity (Wildman–Crippen MR) is 91.6 cm³/mol. The summed E-state index contributed by atoms with van der Waals surface area (Å²) in [5, 5.41) is 2.85. The molecule has 4 rings (SSSR count). The average molecular weight is 323 g/mol. The van der Waals surface area contributed by atoms with Crippen molar-refractivity contribution < 1.29 is 9.53 Å². The largest absolute Gasteiger partial charge is 0.490 e. The molecule has 1 aromatic heterocycles. The Labute approximate surface area is 137 Å². The number of benzene rings is 2. The lowest BCUT2D eigenvalue weighted by molar-refractivity contribution is 0.0992. The van der Waals surface area contributed by atoms with E-state index in [1.54, 1.807) is 24.3 Å². The van der Waals surface area contributed by atoms with Crippen LogP contribution in [0.4, 0.5) is 5.69 Å². The standard InChI is InChI=1S/C18H17N3O3/c22-17(13-6-1-2-7-16(13)24-12-4-3-5-12)19-11-8-9-14-15(10-11)21-18(23)20-14/h1-2,6-10,12H,3-5H2,(H,19,22)(H2,20,21,23). The van der Waals surface area contributed by atoms with Crippen molar-refractivity contribution >= 4 is 22.6 Å². The molecule has 0 spiro atoms. The molecule has 3 N–H and O–H groups in total. The fraction of sp³-hybridized carbons (Fsp3) is 0.222. The highest BCUT2D eigenvalue weighted by molar-refractivity contribution is 6.06. The Morgan fingerprint density at radius 3 is 2.67 bits per heavy atom. The zero-order valence-electron chi connectivity index (χ0n) is 13.0. The molecule has 0 radical (unpaired) electrons. The van der Waals surface area contributed by atoms with Crippen molar-refractivity contribution in [1.29, 1.82) is 0 Å². The second-order valence-corrected chi connectivity index (χ2v) is 5.96. The molecular weight excluding hydrogens is 306 g/mol. The average Bonchev–Trinajstić information content (AvgIpc) is 2.90. The molecule has 0 bridgehead atoms. The zero-order valence-corrected chi connectivity index (χ0v) is 13.0. The number of aromatic amines is 2. The van der Waals surface area contributed by atoms with Gasteiger partial charge >= 0.3 is 5.69 Å². The number of amides is 1. The number of nitrogens with one attached hydrogen (secondary N) is 3. The number of carbonyl (C=O) groups is 1. The summed E-state index contributed by atoms with van der Waals surface area (Å²) in [7, 11) is 0. The van der Waals surface area contributed by atoms with E-state index < -0.39 is 0 Å². The Bertz CT molecular complexity index is 953. The van der Waals surface area contributed by atoms with E-state index in [9.17, 15) is 9.59 Å². The molecule has 1 aliphatic carbocycles. The number of anilines is 1. The van der Waals surface area contributed by atoms with Gasteiger partial charge in [0.15, 0.2) is 0 Å². The molecule has 3 aromatic rings. The van der Waals surface area contributed by atoms with Crippen LogP contribution in [-0.4, -0.2) is 22.0 Å². The number of aromatic nitrogens is 2. The van der Waals surface area contributed by atoms with E-state index in [0.717, 1.165) is 12.8 Å². The fourth-order valence-electron chi connectivity index (χ4n) is 2.73. The number of ether oxygens (including phenoxy) is 1. The van der Waals surface area contributed by atoms with Crippen LogP contribution in [0, 0.1) is 0 Å². The lowest BCUT2D eigenvalue weighted by Crippen LogP contribution is -2.26. The summed E-state index contributed by atoms with van der Waals surface area (Å²) < 4.78 is 5.90. The van der Waals surface area contributed by atoms with Gasteiger partial charge in [-0.3, -0.25) is 4.79 Å². The third-order valence-corrected chi connectivity index (χ3v) is 4.25. The molecule has 1 fully saturated rings. The lowest BCUT2D eigenvalue weighted by atomic mass is 9.96. The molecule has 0 saturated heterocycles. The van der Waals surface area contributed by atoms with Gasteiger partial charge in [0.05, 0.1) is 22.7 Å². The van der Waals surface area contributed by atoms with Gasteiger partial charge in [-0.05, 0) is 49.6 Å². The van der Waals surface area contributed by atoms with E-state index in [2.05, 4.69) is 15.3 Å². The molecule has 1 amide bonds. The lowest BCUT2D eigenvalue weighted by Gasteiger charge is -2.27. The summed E-state index contributed by atoms with van der Waals surface area (Å²) in [6.45, 7) is 0. The Kier molecular flexibility index (Phi) is 3.57. The highest BCUT2D eigenvalue weighted by Crippen LogP contribution is 2.28. The summed E-state index contributed by atoms with van der Waals surface area (Å²) in [6.07, 6.45) is 3.45. The van der Waals surface area contributed by atoms with Crippen LogP contribution < -0.4 is 15.7 Å². The number of imidazole rings is 1. The van der Waals surface area contributed by atoms with Crippen molar-refractivity contribution in [3.8, 4) is 5.75 Å². The molecule has 1 aliphatic rings. The van der Waals surface area contributed by atoms with Crippen LogP contribution >= 0.6 is 0 Å². The molecule has 2 aromatic carbocycles. The normalized spacial score (nSPS) is 14.3. The second-order valence-electron chi connectivity index (χ2n) is 5.96. The number of para-hydroxylation sites is 1. The fourth-order valence-corrected chi connectivity index (χ4v) is 2.73. The maximum absolute atomic E-state index is 12.6. The van der Waals surface area contributed by atoms with Crippen LogP contribution in [0.2, 0.25) is 0 Å². The first-order valence-corrected chi connectivity index (χ1v) is 7.98. The smallest absolute Gasteiger partial charge is 0.323 e. The topological polar surface area (TPSA) is 87.0 Å². The van der Waals surface area contributed by atoms with Crippen molar-refractivity contribution in [2.24, 2.45) is 0 Å². The zero-order chi connectivity index (χ0) is 16.5. The molecule has 6 nitrogen and oxygen atoms in total. The van der Waals surface area contributed by atoms with Gasteiger partial charge in [0, 0.05) is 5.69 Å². The van der Waals surface area contributed by atoms with E-state index in [-0.39, 0.29) is 17.7 Å². The summed E-state index contributed by atoms with van der Waals surface area (Å²) in [6, 6.07) is 12.5. The van der Waals surface area contributed by atoms with Crippen LogP contribution in [0.3, 0.4) is 0 Å². The third kappa shape index (κ3) is 2.78. The molecule has 0 unspecified atom stereocenters. The molecular formula is C18H17N3O3. The van der Waals surface area contributed by atoms with Gasteiger partial charge in [0.2, 0.25) is 0 Å². The van der Waals surface area contributed by atoms with Crippen LogP contribution in [0.1, 0.15) is 29.6 Å². The number of rotatable bonds is 4. The van der Waals surface area contributed by atoms with E-state index in [1.165, 1.54) is 6.42 Å². The highest BCUT2D eigenvalue weighted by atomic mass is 16.5. The quantitative estimate of drug-likeness (QED) is 0.689. The molecule has 6 heteroatoms. The number of carbonyl (C=O) groups excluding carboxylic acids is 1. The highest BCUT2D eigenvalue weighted by Gasteiger charge is 2.22. The van der Waals surface area contributed by atoms with Gasteiger partial charge < -0.3 is 20.0 Å². The third-order valence-electron chi connectivity index (χ3n) is 4.25. The van der Waals surface area contributed by atoms with E-state index in [4.69, 9.17) is 4.74 Å². The van der Waals surface area contributed by atoms with Gasteiger partial charge in [-0.15, -0.1) is 0 Å². The van der Waals surface area contributed by atoms with Crippen molar-refractivity contribution in [1.82, 2.24) is 9.97 Å². The van der Waals surface area contributed by atoms with Gasteiger partial charge in [0.25, 0.3) is 5.91 Å². The first-order chi connectivity index (χ1) is 11.7. The summed E-state index contributed by atoms with van der Waals surface area (Å²) in [4.78, 5) is 29.3. The first kappa shape index (κ1) is 14.6. The van der Waals surface area contributed by atoms with Gasteiger partial charge in [0.1, 0.15) is 5.75 Å². The minimum absolute atomic E-state index is 0.209. The van der Waals surface area contributed by atoms with E-state index in [0.29, 0.717) is 28.0 Å². The van der Waals surface area contributed by atoms with Crippen LogP contribution in [-0.2, 0) is 0 Å². The first-order valence-electron chi connectivity index (χ1n) is 7.98. The van der Waals surface area contributed by atoms with Crippen LogP contribution in [0.5, 0.6) is 5.75 Å². The summed E-state index contributed by atoms with van der Waals surface area (Å²) >= 11 is 0. The maximum atomic E-state index is 12.6. The Balaban J connectivity index is 1.57. The van der Waals surface area contributed by atoms with E-state index in [1.807, 2.05) is 18.2 Å². The number of fused-ring (bicyclic) bond motifs is 1. The molecule has 0 atom stereocenters. The van der Waals surface area contributed by atoms with Crippen LogP contribution in [0.25, 0.3) is 11.0 Å². The second kappa shape index (κ2) is 5.88. The molecule has 122 valence electrons. The minimum atomic E-state index is -0.271. The Hall–Kier alpha value is -3.02. The Morgan fingerprint density at radius 2 is 1.88 bits per heavy atom. The number of H-pyrrole nitrogens is 2. The molecule has 0 aliphatic heterocycles. The van der Waals surface area contributed by atoms with Crippen molar-refractivity contribution in [3.05, 3.63) is 58.5 Å². The van der Waals surface area contributed by atoms with Crippen LogP contribution in [0.15, 0.2) is 47.3 Å². The van der Waals surface area contributed by atoms with E-state index >= 15 is 0 Å². The monoisotopic (exact) mass is 323 g/mol. The van der Waals surface area contributed by atoms with Gasteiger partial charge in [-0.2, -0.15) is 0 Å². The summed E-state index contributed by atoms with van der Waals surface area (Å²) in [5.41, 5.74) is 2.20. The predicted octanol–water partition coefficient (Wildman–Crippen LogP) is 3.04. The SMILES string of the molecule is O=C(Nc1ccc2[nH]c(=O)[nH]c2c1)c1ccccc1OC1CCC1.